The lowest BCUT2D eigenvalue weighted by Crippen LogP contribution is -2.49. The van der Waals surface area contributed by atoms with E-state index in [1.807, 2.05) is 30.3 Å². The molecule has 0 bridgehead atoms. The van der Waals surface area contributed by atoms with Crippen LogP contribution < -0.4 is 10.5 Å². The van der Waals surface area contributed by atoms with E-state index in [9.17, 15) is 9.59 Å². The molecule has 0 aliphatic carbocycles. The molecule has 5 nitrogen and oxygen atoms in total. The van der Waals surface area contributed by atoms with Gasteiger partial charge in [-0.15, -0.1) is 0 Å². The molecule has 1 fully saturated rings. The number of halogens is 2. The number of carbonyl (C=O) groups excluding carboxylic acids is 1. The molecule has 2 heterocycles. The van der Waals surface area contributed by atoms with Crippen molar-refractivity contribution in [2.75, 3.05) is 31.1 Å². The number of benzene rings is 2. The fourth-order valence-corrected chi connectivity index (χ4v) is 3.82. The summed E-state index contributed by atoms with van der Waals surface area (Å²) in [4.78, 5) is 29.0. The van der Waals surface area contributed by atoms with E-state index in [1.54, 1.807) is 23.1 Å². The summed E-state index contributed by atoms with van der Waals surface area (Å²) in [6.45, 7) is 2.41. The maximum atomic E-state index is 12.9. The Balaban J connectivity index is 1.53. The topological polar surface area (TPSA) is 53.8 Å². The predicted molar refractivity (Wildman–Crippen MR) is 110 cm³/mol. The average Bonchev–Trinajstić information content (AvgIpc) is 2.67. The summed E-state index contributed by atoms with van der Waals surface area (Å²) in [7, 11) is 0. The number of anilines is 1. The third-order valence-corrected chi connectivity index (χ3v) is 5.39. The second-order valence-electron chi connectivity index (χ2n) is 6.39. The molecule has 1 saturated heterocycles. The summed E-state index contributed by atoms with van der Waals surface area (Å²) in [5.41, 5.74) is 0.957. The standard InChI is InChI=1S/C20H16BrClN2O3/c21-14-4-5-18-13(10-14)11-17(20(26)27-18)19(25)24-8-6-23(7-9-24)16-3-1-2-15(22)12-16/h1-5,10-12H,6-9H2. The lowest BCUT2D eigenvalue weighted by atomic mass is 10.1. The van der Waals surface area contributed by atoms with Gasteiger partial charge in [0.25, 0.3) is 5.91 Å². The Kier molecular flexibility index (Phi) is 4.93. The minimum Gasteiger partial charge on any atom is -0.422 e. The van der Waals surface area contributed by atoms with Crippen LogP contribution >= 0.6 is 27.5 Å². The molecular formula is C20H16BrClN2O3. The number of piperazine rings is 1. The van der Waals surface area contributed by atoms with Gasteiger partial charge < -0.3 is 14.2 Å². The van der Waals surface area contributed by atoms with Crippen molar-refractivity contribution in [1.82, 2.24) is 4.90 Å². The Morgan fingerprint density at radius 2 is 1.81 bits per heavy atom. The number of hydrogen-bond acceptors (Lipinski definition) is 4. The molecule has 0 spiro atoms. The fraction of sp³-hybridized carbons (Fsp3) is 0.200. The van der Waals surface area contributed by atoms with E-state index >= 15 is 0 Å². The van der Waals surface area contributed by atoms with Crippen LogP contribution in [-0.4, -0.2) is 37.0 Å². The van der Waals surface area contributed by atoms with Crippen molar-refractivity contribution in [3.8, 4) is 0 Å². The van der Waals surface area contributed by atoms with Crippen LogP contribution in [0.3, 0.4) is 0 Å². The van der Waals surface area contributed by atoms with Crippen LogP contribution in [-0.2, 0) is 0 Å². The zero-order valence-electron chi connectivity index (χ0n) is 14.3. The molecule has 1 aliphatic heterocycles. The van der Waals surface area contributed by atoms with Crippen LogP contribution in [0.15, 0.2) is 62.2 Å². The van der Waals surface area contributed by atoms with Gasteiger partial charge in [0.15, 0.2) is 0 Å². The van der Waals surface area contributed by atoms with Gasteiger partial charge in [-0.05, 0) is 42.5 Å². The number of fused-ring (bicyclic) bond motifs is 1. The third-order valence-electron chi connectivity index (χ3n) is 4.66. The van der Waals surface area contributed by atoms with Crippen molar-refractivity contribution in [2.24, 2.45) is 0 Å². The SMILES string of the molecule is O=C(c1cc2cc(Br)ccc2oc1=O)N1CCN(c2cccc(Cl)c2)CC1. The molecule has 3 aromatic rings. The molecule has 4 rings (SSSR count). The molecule has 7 heteroatoms. The molecule has 0 unspecified atom stereocenters. The monoisotopic (exact) mass is 446 g/mol. The van der Waals surface area contributed by atoms with Crippen molar-refractivity contribution in [3.63, 3.8) is 0 Å². The molecular weight excluding hydrogens is 432 g/mol. The molecule has 0 radical (unpaired) electrons. The summed E-state index contributed by atoms with van der Waals surface area (Å²) in [5.74, 6) is -0.295. The normalized spacial score (nSPS) is 14.6. The summed E-state index contributed by atoms with van der Waals surface area (Å²) < 4.78 is 6.17. The average molecular weight is 448 g/mol. The number of nitrogens with zero attached hydrogens (tertiary/aromatic N) is 2. The zero-order valence-corrected chi connectivity index (χ0v) is 16.7. The third kappa shape index (κ3) is 3.73. The summed E-state index contributed by atoms with van der Waals surface area (Å²) >= 11 is 9.45. The molecule has 1 aromatic heterocycles. The maximum absolute atomic E-state index is 12.9. The van der Waals surface area contributed by atoms with Gasteiger partial charge in [-0.25, -0.2) is 4.79 Å². The second-order valence-corrected chi connectivity index (χ2v) is 7.74. The van der Waals surface area contributed by atoms with E-state index in [0.717, 1.165) is 10.2 Å². The highest BCUT2D eigenvalue weighted by molar-refractivity contribution is 9.10. The summed E-state index contributed by atoms with van der Waals surface area (Å²) in [6, 6.07) is 14.6. The van der Waals surface area contributed by atoms with E-state index in [1.165, 1.54) is 0 Å². The number of carbonyl (C=O) groups is 1. The predicted octanol–water partition coefficient (Wildman–Crippen LogP) is 4.17. The number of rotatable bonds is 2. The molecule has 0 N–H and O–H groups in total. The Morgan fingerprint density at radius 1 is 1.04 bits per heavy atom. The van der Waals surface area contributed by atoms with Gasteiger partial charge in [-0.2, -0.15) is 0 Å². The maximum Gasteiger partial charge on any atom is 0.349 e. The van der Waals surface area contributed by atoms with Crippen molar-refractivity contribution in [1.29, 1.82) is 0 Å². The first-order valence-electron chi connectivity index (χ1n) is 8.54. The van der Waals surface area contributed by atoms with Crippen LogP contribution in [0.1, 0.15) is 10.4 Å². The minimum absolute atomic E-state index is 0.0665. The number of hydrogen-bond donors (Lipinski definition) is 0. The largest absolute Gasteiger partial charge is 0.422 e. The molecule has 0 saturated carbocycles. The van der Waals surface area contributed by atoms with E-state index < -0.39 is 5.63 Å². The van der Waals surface area contributed by atoms with Gasteiger partial charge in [0.05, 0.1) is 0 Å². The van der Waals surface area contributed by atoms with Crippen LogP contribution in [0, 0.1) is 0 Å². The van der Waals surface area contributed by atoms with Gasteiger partial charge in [0.1, 0.15) is 11.1 Å². The van der Waals surface area contributed by atoms with Gasteiger partial charge >= 0.3 is 5.63 Å². The molecule has 27 heavy (non-hydrogen) atoms. The first-order chi connectivity index (χ1) is 13.0. The van der Waals surface area contributed by atoms with Gasteiger partial charge in [-0.3, -0.25) is 4.79 Å². The van der Waals surface area contributed by atoms with Crippen LogP contribution in [0.2, 0.25) is 5.02 Å². The Morgan fingerprint density at radius 3 is 2.56 bits per heavy atom. The molecule has 2 aromatic carbocycles. The van der Waals surface area contributed by atoms with Gasteiger partial charge in [0.2, 0.25) is 0 Å². The zero-order chi connectivity index (χ0) is 19.0. The quantitative estimate of drug-likeness (QED) is 0.553. The van der Waals surface area contributed by atoms with Crippen molar-refractivity contribution in [2.45, 2.75) is 0 Å². The van der Waals surface area contributed by atoms with Crippen LogP contribution in [0.5, 0.6) is 0 Å². The number of amides is 1. The molecule has 138 valence electrons. The van der Waals surface area contributed by atoms with E-state index in [0.29, 0.717) is 42.2 Å². The fourth-order valence-electron chi connectivity index (χ4n) is 3.25. The minimum atomic E-state index is -0.605. The highest BCUT2D eigenvalue weighted by Crippen LogP contribution is 2.22. The lowest BCUT2D eigenvalue weighted by Gasteiger charge is -2.36. The highest BCUT2D eigenvalue weighted by Gasteiger charge is 2.25. The first kappa shape index (κ1) is 18.1. The van der Waals surface area contributed by atoms with Crippen LogP contribution in [0.4, 0.5) is 5.69 Å². The molecule has 1 aliphatic rings. The summed E-state index contributed by atoms with van der Waals surface area (Å²) in [5, 5.41) is 1.40. The van der Waals surface area contributed by atoms with Crippen molar-refractivity contribution >= 4 is 50.1 Å². The van der Waals surface area contributed by atoms with E-state index in [-0.39, 0.29) is 11.5 Å². The van der Waals surface area contributed by atoms with Gasteiger partial charge in [0, 0.05) is 46.7 Å². The Bertz CT molecular complexity index is 1070. The second kappa shape index (κ2) is 7.37. The van der Waals surface area contributed by atoms with Crippen LogP contribution in [0.25, 0.3) is 11.0 Å². The van der Waals surface area contributed by atoms with Gasteiger partial charge in [-0.1, -0.05) is 33.6 Å². The van der Waals surface area contributed by atoms with E-state index in [4.69, 9.17) is 16.0 Å². The molecule has 0 atom stereocenters. The van der Waals surface area contributed by atoms with E-state index in [2.05, 4.69) is 20.8 Å². The Hall–Kier alpha value is -2.31. The van der Waals surface area contributed by atoms with Crippen molar-refractivity contribution in [3.05, 3.63) is 74.0 Å². The highest BCUT2D eigenvalue weighted by atomic mass is 79.9. The Labute approximate surface area is 169 Å². The van der Waals surface area contributed by atoms with Crippen molar-refractivity contribution < 1.29 is 9.21 Å². The smallest absolute Gasteiger partial charge is 0.349 e. The molecule has 1 amide bonds. The lowest BCUT2D eigenvalue weighted by molar-refractivity contribution is 0.0742. The summed E-state index contributed by atoms with van der Waals surface area (Å²) in [6.07, 6.45) is 0. The first-order valence-corrected chi connectivity index (χ1v) is 9.71.